The third kappa shape index (κ3) is 9.00. The Morgan fingerprint density at radius 3 is 2.29 bits per heavy atom. The lowest BCUT2D eigenvalue weighted by atomic mass is 10.0. The molecule has 3 nitrogen and oxygen atoms in total. The van der Waals surface area contributed by atoms with E-state index >= 15 is 0 Å². The summed E-state index contributed by atoms with van der Waals surface area (Å²) in [7, 11) is 3.52. The molecule has 0 radical (unpaired) electrons. The summed E-state index contributed by atoms with van der Waals surface area (Å²) in [6.45, 7) is 8.23. The minimum Gasteiger partial charge on any atom is -0.383 e. The predicted molar refractivity (Wildman–Crippen MR) is 77.0 cm³/mol. The van der Waals surface area contributed by atoms with Crippen molar-refractivity contribution in [3.63, 3.8) is 0 Å². The topological polar surface area (TPSA) is 21.7 Å². The van der Waals surface area contributed by atoms with Crippen molar-refractivity contribution in [1.82, 2.24) is 4.90 Å². The lowest BCUT2D eigenvalue weighted by Crippen LogP contribution is -2.39. The summed E-state index contributed by atoms with van der Waals surface area (Å²) in [5, 5.41) is 1.10. The SMILES string of the molecule is COCCN(CCC(C)CCBr)C(C)COC. The zero-order valence-corrected chi connectivity index (χ0v) is 13.3. The Bertz CT molecular complexity index is 169. The van der Waals surface area contributed by atoms with Crippen LogP contribution in [0.3, 0.4) is 0 Å². The van der Waals surface area contributed by atoms with E-state index < -0.39 is 0 Å². The van der Waals surface area contributed by atoms with Gasteiger partial charge < -0.3 is 9.47 Å². The zero-order chi connectivity index (χ0) is 13.1. The normalized spacial score (nSPS) is 15.2. The average molecular weight is 310 g/mol. The van der Waals surface area contributed by atoms with Crippen LogP contribution in [0.4, 0.5) is 0 Å². The summed E-state index contributed by atoms with van der Waals surface area (Å²) in [5.41, 5.74) is 0. The van der Waals surface area contributed by atoms with Gasteiger partial charge in [-0.25, -0.2) is 0 Å². The summed E-state index contributed by atoms with van der Waals surface area (Å²) >= 11 is 3.50. The molecule has 0 aromatic carbocycles. The molecule has 2 unspecified atom stereocenters. The molecule has 0 saturated heterocycles. The van der Waals surface area contributed by atoms with Gasteiger partial charge in [0.25, 0.3) is 0 Å². The van der Waals surface area contributed by atoms with Gasteiger partial charge in [-0.05, 0) is 32.2 Å². The van der Waals surface area contributed by atoms with Gasteiger partial charge >= 0.3 is 0 Å². The van der Waals surface area contributed by atoms with Gasteiger partial charge in [0.1, 0.15) is 0 Å². The third-order valence-corrected chi connectivity index (χ3v) is 3.58. The van der Waals surface area contributed by atoms with Crippen molar-refractivity contribution < 1.29 is 9.47 Å². The van der Waals surface area contributed by atoms with Crippen molar-refractivity contribution in [2.24, 2.45) is 5.92 Å². The highest BCUT2D eigenvalue weighted by Gasteiger charge is 2.14. The molecule has 0 bridgehead atoms. The lowest BCUT2D eigenvalue weighted by molar-refractivity contribution is 0.0718. The van der Waals surface area contributed by atoms with E-state index in [9.17, 15) is 0 Å². The largest absolute Gasteiger partial charge is 0.383 e. The summed E-state index contributed by atoms with van der Waals surface area (Å²) in [6.07, 6.45) is 2.49. The Hall–Kier alpha value is 0.360. The number of hydrogen-bond donors (Lipinski definition) is 0. The molecule has 0 aromatic heterocycles. The first-order chi connectivity index (χ1) is 8.15. The molecule has 0 rings (SSSR count). The van der Waals surface area contributed by atoms with Crippen molar-refractivity contribution >= 4 is 15.9 Å². The third-order valence-electron chi connectivity index (χ3n) is 3.12. The van der Waals surface area contributed by atoms with Crippen LogP contribution in [0.25, 0.3) is 0 Å². The van der Waals surface area contributed by atoms with E-state index in [1.165, 1.54) is 12.8 Å². The maximum Gasteiger partial charge on any atom is 0.0615 e. The molecular formula is C13H28BrNO2. The molecule has 0 amide bonds. The van der Waals surface area contributed by atoms with Crippen LogP contribution >= 0.6 is 15.9 Å². The standard InChI is InChI=1S/C13H28BrNO2/c1-12(5-7-14)6-8-15(9-10-16-3)13(2)11-17-4/h12-13H,5-11H2,1-4H3. The fourth-order valence-corrected chi connectivity index (χ4v) is 2.61. The molecule has 0 aliphatic carbocycles. The monoisotopic (exact) mass is 309 g/mol. The van der Waals surface area contributed by atoms with Crippen LogP contribution in [-0.4, -0.2) is 56.8 Å². The number of methoxy groups -OCH3 is 2. The second-order valence-electron chi connectivity index (χ2n) is 4.70. The van der Waals surface area contributed by atoms with Gasteiger partial charge in [-0.3, -0.25) is 4.90 Å². The molecule has 0 saturated carbocycles. The van der Waals surface area contributed by atoms with Gasteiger partial charge in [0, 0.05) is 32.1 Å². The van der Waals surface area contributed by atoms with Gasteiger partial charge in [-0.1, -0.05) is 22.9 Å². The van der Waals surface area contributed by atoms with E-state index in [1.807, 2.05) is 0 Å². The predicted octanol–water partition coefficient (Wildman–Crippen LogP) is 2.78. The minimum atomic E-state index is 0.464. The number of nitrogens with zero attached hydrogens (tertiary/aromatic N) is 1. The zero-order valence-electron chi connectivity index (χ0n) is 11.7. The highest BCUT2D eigenvalue weighted by molar-refractivity contribution is 9.09. The van der Waals surface area contributed by atoms with Crippen molar-refractivity contribution in [2.45, 2.75) is 32.7 Å². The van der Waals surface area contributed by atoms with Crippen LogP contribution in [0.2, 0.25) is 0 Å². The van der Waals surface area contributed by atoms with Gasteiger partial charge in [-0.15, -0.1) is 0 Å². The molecule has 0 N–H and O–H groups in total. The van der Waals surface area contributed by atoms with E-state index in [0.717, 1.165) is 37.6 Å². The smallest absolute Gasteiger partial charge is 0.0615 e. The fourth-order valence-electron chi connectivity index (χ4n) is 1.82. The molecule has 0 aliphatic rings. The Morgan fingerprint density at radius 1 is 1.06 bits per heavy atom. The highest BCUT2D eigenvalue weighted by atomic mass is 79.9. The van der Waals surface area contributed by atoms with Crippen molar-refractivity contribution in [1.29, 1.82) is 0 Å². The highest BCUT2D eigenvalue weighted by Crippen LogP contribution is 2.11. The lowest BCUT2D eigenvalue weighted by Gasteiger charge is -2.29. The Labute approximate surface area is 115 Å². The van der Waals surface area contributed by atoms with E-state index in [-0.39, 0.29) is 0 Å². The van der Waals surface area contributed by atoms with E-state index in [1.54, 1.807) is 14.2 Å². The number of alkyl halides is 1. The van der Waals surface area contributed by atoms with E-state index in [0.29, 0.717) is 6.04 Å². The van der Waals surface area contributed by atoms with Gasteiger partial charge in [0.15, 0.2) is 0 Å². The van der Waals surface area contributed by atoms with Gasteiger partial charge in [0.05, 0.1) is 13.2 Å². The van der Waals surface area contributed by atoms with Crippen molar-refractivity contribution in [2.75, 3.05) is 45.9 Å². The van der Waals surface area contributed by atoms with Crippen LogP contribution in [0.15, 0.2) is 0 Å². The maximum absolute atomic E-state index is 5.23. The van der Waals surface area contributed by atoms with E-state index in [4.69, 9.17) is 9.47 Å². The Kier molecular flexibility index (Phi) is 11.7. The number of ether oxygens (including phenoxy) is 2. The van der Waals surface area contributed by atoms with Crippen LogP contribution in [0, 0.1) is 5.92 Å². The van der Waals surface area contributed by atoms with E-state index in [2.05, 4.69) is 34.7 Å². The molecular weight excluding hydrogens is 282 g/mol. The molecule has 0 aromatic rings. The summed E-state index contributed by atoms with van der Waals surface area (Å²) in [6, 6.07) is 0.464. The second kappa shape index (κ2) is 11.5. The maximum atomic E-state index is 5.23. The van der Waals surface area contributed by atoms with Crippen LogP contribution in [0.5, 0.6) is 0 Å². The number of rotatable bonds is 11. The molecule has 104 valence electrons. The molecule has 0 fully saturated rings. The minimum absolute atomic E-state index is 0.464. The Balaban J connectivity index is 3.99. The molecule has 2 atom stereocenters. The first-order valence-corrected chi connectivity index (χ1v) is 7.55. The van der Waals surface area contributed by atoms with Crippen LogP contribution < -0.4 is 0 Å². The van der Waals surface area contributed by atoms with Gasteiger partial charge in [0.2, 0.25) is 0 Å². The molecule has 17 heavy (non-hydrogen) atoms. The van der Waals surface area contributed by atoms with Crippen molar-refractivity contribution in [3.05, 3.63) is 0 Å². The number of hydrogen-bond acceptors (Lipinski definition) is 3. The summed E-state index contributed by atoms with van der Waals surface area (Å²) in [5.74, 6) is 0.772. The first kappa shape index (κ1) is 17.4. The van der Waals surface area contributed by atoms with Crippen molar-refractivity contribution in [3.8, 4) is 0 Å². The Morgan fingerprint density at radius 2 is 1.76 bits per heavy atom. The molecule has 0 heterocycles. The molecule has 4 heteroatoms. The molecule has 0 aliphatic heterocycles. The summed E-state index contributed by atoms with van der Waals surface area (Å²) in [4.78, 5) is 2.46. The molecule has 0 spiro atoms. The summed E-state index contributed by atoms with van der Waals surface area (Å²) < 4.78 is 10.4. The quantitative estimate of drug-likeness (QED) is 0.548. The number of halogens is 1. The van der Waals surface area contributed by atoms with Crippen LogP contribution in [0.1, 0.15) is 26.7 Å². The van der Waals surface area contributed by atoms with Gasteiger partial charge in [-0.2, -0.15) is 0 Å². The average Bonchev–Trinajstić information content (AvgIpc) is 2.29. The fraction of sp³-hybridized carbons (Fsp3) is 1.00. The van der Waals surface area contributed by atoms with Crippen LogP contribution in [-0.2, 0) is 9.47 Å². The first-order valence-electron chi connectivity index (χ1n) is 6.43. The second-order valence-corrected chi connectivity index (χ2v) is 5.50.